The van der Waals surface area contributed by atoms with Gasteiger partial charge < -0.3 is 20.3 Å². The smallest absolute Gasteiger partial charge is 0.223 e. The molecular weight excluding hydrogens is 376 g/mol. The van der Waals surface area contributed by atoms with Gasteiger partial charge in [0.05, 0.1) is 0 Å². The van der Waals surface area contributed by atoms with Crippen LogP contribution in [0.3, 0.4) is 0 Å². The zero-order valence-corrected chi connectivity index (χ0v) is 17.6. The van der Waals surface area contributed by atoms with E-state index < -0.39 is 0 Å². The predicted molar refractivity (Wildman–Crippen MR) is 120 cm³/mol. The van der Waals surface area contributed by atoms with Gasteiger partial charge in [-0.05, 0) is 23.6 Å². The first-order valence-corrected chi connectivity index (χ1v) is 10.3. The molecule has 6 heteroatoms. The average Bonchev–Trinajstić information content (AvgIpc) is 3.22. The molecule has 0 fully saturated rings. The maximum absolute atomic E-state index is 12.5. The minimum atomic E-state index is 0.198. The molecule has 0 saturated carbocycles. The lowest BCUT2D eigenvalue weighted by Crippen LogP contribution is -2.37. The molecule has 158 valence electrons. The van der Waals surface area contributed by atoms with Crippen molar-refractivity contribution in [3.05, 3.63) is 77.9 Å². The Morgan fingerprint density at radius 3 is 2.53 bits per heavy atom. The van der Waals surface area contributed by atoms with Gasteiger partial charge in [-0.25, -0.2) is 0 Å². The molecule has 0 aliphatic carbocycles. The van der Waals surface area contributed by atoms with E-state index in [1.54, 1.807) is 13.1 Å². The first-order valence-electron chi connectivity index (χ1n) is 10.3. The molecule has 6 nitrogen and oxygen atoms in total. The molecule has 0 radical (unpaired) electrons. The zero-order valence-electron chi connectivity index (χ0n) is 17.6. The summed E-state index contributed by atoms with van der Waals surface area (Å²) in [4.78, 5) is 18.7. The second-order valence-electron chi connectivity index (χ2n) is 7.18. The fourth-order valence-electron chi connectivity index (χ4n) is 3.45. The summed E-state index contributed by atoms with van der Waals surface area (Å²) in [5.41, 5.74) is 3.56. The number of nitrogens with one attached hydrogen (secondary N) is 2. The number of ether oxygens (including phenoxy) is 1. The predicted octanol–water partition coefficient (Wildman–Crippen LogP) is 3.24. The third kappa shape index (κ3) is 5.86. The van der Waals surface area contributed by atoms with Gasteiger partial charge in [-0.2, -0.15) is 0 Å². The van der Waals surface area contributed by atoms with E-state index in [2.05, 4.69) is 34.3 Å². The summed E-state index contributed by atoms with van der Waals surface area (Å²) in [5, 5.41) is 6.57. The highest BCUT2D eigenvalue weighted by molar-refractivity contribution is 5.80. The van der Waals surface area contributed by atoms with Crippen molar-refractivity contribution < 1.29 is 9.53 Å². The van der Waals surface area contributed by atoms with Crippen LogP contribution in [0.25, 0.3) is 0 Å². The number of hydrogen-bond acceptors (Lipinski definition) is 3. The van der Waals surface area contributed by atoms with Crippen LogP contribution in [0, 0.1) is 0 Å². The Balaban J connectivity index is 1.38. The van der Waals surface area contributed by atoms with Crippen molar-refractivity contribution in [3.8, 4) is 5.75 Å². The minimum absolute atomic E-state index is 0.198. The topological polar surface area (TPSA) is 66.0 Å². The van der Waals surface area contributed by atoms with Crippen LogP contribution in [0.2, 0.25) is 0 Å². The summed E-state index contributed by atoms with van der Waals surface area (Å²) in [5.74, 6) is 1.73. The standard InChI is InChI=1S/C24H30N4O2/c1-3-15-30-22-12-7-6-9-19(22)16-27-24(25-2)26-14-8-13-23(29)28-17-20-10-4-5-11-21(20)18-28/h3-7,9-12H,1,8,13-18H2,2H3,(H2,25,26,27). The molecule has 30 heavy (non-hydrogen) atoms. The number of nitrogens with zero attached hydrogens (tertiary/aromatic N) is 2. The highest BCUT2D eigenvalue weighted by Gasteiger charge is 2.22. The summed E-state index contributed by atoms with van der Waals surface area (Å²) >= 11 is 0. The van der Waals surface area contributed by atoms with E-state index in [0.717, 1.165) is 30.8 Å². The van der Waals surface area contributed by atoms with Gasteiger partial charge in [0.15, 0.2) is 5.96 Å². The lowest BCUT2D eigenvalue weighted by molar-refractivity contribution is -0.131. The summed E-state index contributed by atoms with van der Waals surface area (Å²) in [6, 6.07) is 16.1. The van der Waals surface area contributed by atoms with Gasteiger partial charge in [-0.15, -0.1) is 0 Å². The Bertz CT molecular complexity index is 869. The van der Waals surface area contributed by atoms with Crippen molar-refractivity contribution >= 4 is 11.9 Å². The van der Waals surface area contributed by atoms with Crippen LogP contribution in [0.15, 0.2) is 66.2 Å². The lowest BCUT2D eigenvalue weighted by Gasteiger charge is -2.16. The molecule has 1 amide bonds. The molecular formula is C24H30N4O2. The van der Waals surface area contributed by atoms with Crippen molar-refractivity contribution in [2.75, 3.05) is 20.2 Å². The van der Waals surface area contributed by atoms with E-state index in [4.69, 9.17) is 4.74 Å². The molecule has 0 aromatic heterocycles. The van der Waals surface area contributed by atoms with Crippen molar-refractivity contribution in [3.63, 3.8) is 0 Å². The number of carbonyl (C=O) groups excluding carboxylic acids is 1. The van der Waals surface area contributed by atoms with Gasteiger partial charge in [0.1, 0.15) is 12.4 Å². The fourth-order valence-corrected chi connectivity index (χ4v) is 3.45. The van der Waals surface area contributed by atoms with Crippen molar-refractivity contribution in [1.82, 2.24) is 15.5 Å². The Kier molecular flexibility index (Phi) is 7.89. The van der Waals surface area contributed by atoms with E-state index in [1.165, 1.54) is 11.1 Å². The molecule has 0 unspecified atom stereocenters. The molecule has 1 aliphatic rings. The van der Waals surface area contributed by atoms with Crippen LogP contribution >= 0.6 is 0 Å². The number of hydrogen-bond donors (Lipinski definition) is 2. The molecule has 0 bridgehead atoms. The fraction of sp³-hybridized carbons (Fsp3) is 0.333. The first-order chi connectivity index (χ1) is 14.7. The number of rotatable bonds is 9. The normalized spacial score (nSPS) is 13.0. The van der Waals surface area contributed by atoms with Gasteiger partial charge in [0, 0.05) is 45.2 Å². The molecule has 3 rings (SSSR count). The monoisotopic (exact) mass is 406 g/mol. The number of guanidine groups is 1. The van der Waals surface area contributed by atoms with Gasteiger partial charge in [0.2, 0.25) is 5.91 Å². The van der Waals surface area contributed by atoms with Crippen LogP contribution < -0.4 is 15.4 Å². The Morgan fingerprint density at radius 1 is 1.13 bits per heavy atom. The third-order valence-corrected chi connectivity index (χ3v) is 5.05. The SMILES string of the molecule is C=CCOc1ccccc1CNC(=NC)NCCCC(=O)N1Cc2ccccc2C1. The van der Waals surface area contributed by atoms with Crippen LogP contribution in [-0.2, 0) is 24.4 Å². The average molecular weight is 407 g/mol. The lowest BCUT2D eigenvalue weighted by atomic mass is 10.1. The van der Waals surface area contributed by atoms with Crippen LogP contribution in [-0.4, -0.2) is 37.0 Å². The molecule has 2 N–H and O–H groups in total. The van der Waals surface area contributed by atoms with Gasteiger partial charge >= 0.3 is 0 Å². The maximum Gasteiger partial charge on any atom is 0.223 e. The van der Waals surface area contributed by atoms with E-state index >= 15 is 0 Å². The van der Waals surface area contributed by atoms with E-state index in [-0.39, 0.29) is 5.91 Å². The molecule has 1 heterocycles. The number of para-hydroxylation sites is 1. The molecule has 2 aromatic carbocycles. The number of amides is 1. The largest absolute Gasteiger partial charge is 0.489 e. The number of aliphatic imine (C=N–C) groups is 1. The van der Waals surface area contributed by atoms with Gasteiger partial charge in [0.25, 0.3) is 0 Å². The second kappa shape index (κ2) is 11.0. The van der Waals surface area contributed by atoms with E-state index in [0.29, 0.717) is 32.1 Å². The van der Waals surface area contributed by atoms with Crippen LogP contribution in [0.1, 0.15) is 29.5 Å². The Morgan fingerprint density at radius 2 is 1.83 bits per heavy atom. The molecule has 0 saturated heterocycles. The quantitative estimate of drug-likeness (QED) is 0.290. The number of benzene rings is 2. The zero-order chi connectivity index (χ0) is 21.2. The van der Waals surface area contributed by atoms with Crippen LogP contribution in [0.4, 0.5) is 0 Å². The number of fused-ring (bicyclic) bond motifs is 1. The summed E-state index contributed by atoms with van der Waals surface area (Å²) in [6.07, 6.45) is 3.01. The highest BCUT2D eigenvalue weighted by Crippen LogP contribution is 2.23. The molecule has 0 atom stereocenters. The summed E-state index contributed by atoms with van der Waals surface area (Å²) < 4.78 is 5.69. The first kappa shape index (κ1) is 21.4. The molecule has 1 aliphatic heterocycles. The summed E-state index contributed by atoms with van der Waals surface area (Å²) in [7, 11) is 1.74. The number of carbonyl (C=O) groups is 1. The molecule has 0 spiro atoms. The van der Waals surface area contributed by atoms with Gasteiger partial charge in [-0.3, -0.25) is 9.79 Å². The minimum Gasteiger partial charge on any atom is -0.489 e. The van der Waals surface area contributed by atoms with Gasteiger partial charge in [-0.1, -0.05) is 55.1 Å². The second-order valence-corrected chi connectivity index (χ2v) is 7.18. The van der Waals surface area contributed by atoms with E-state index in [9.17, 15) is 4.79 Å². The molecule has 2 aromatic rings. The van der Waals surface area contributed by atoms with Crippen molar-refractivity contribution in [2.45, 2.75) is 32.5 Å². The highest BCUT2D eigenvalue weighted by atomic mass is 16.5. The Labute approximate surface area is 178 Å². The van der Waals surface area contributed by atoms with Crippen molar-refractivity contribution in [1.29, 1.82) is 0 Å². The third-order valence-electron chi connectivity index (χ3n) is 5.05. The Hall–Kier alpha value is -3.28. The maximum atomic E-state index is 12.5. The van der Waals surface area contributed by atoms with E-state index in [1.807, 2.05) is 41.3 Å². The van der Waals surface area contributed by atoms with Crippen molar-refractivity contribution in [2.24, 2.45) is 4.99 Å². The summed E-state index contributed by atoms with van der Waals surface area (Å²) in [6.45, 7) is 6.88. The van der Waals surface area contributed by atoms with Crippen LogP contribution in [0.5, 0.6) is 5.75 Å².